The molecule has 3 nitrogen and oxygen atoms in total. The van der Waals surface area contributed by atoms with Crippen molar-refractivity contribution in [3.63, 3.8) is 0 Å². The minimum atomic E-state index is -0.00151. The highest BCUT2D eigenvalue weighted by atomic mass is 35.5. The number of hydrogen-bond acceptors (Lipinski definition) is 3. The molecule has 2 N–H and O–H groups in total. The van der Waals surface area contributed by atoms with Crippen molar-refractivity contribution in [2.75, 3.05) is 20.1 Å². The molecule has 0 radical (unpaired) electrons. The number of halogens is 1. The quantitative estimate of drug-likeness (QED) is 0.563. The Balaban J connectivity index is 0.00000264. The Labute approximate surface area is 148 Å². The molecule has 2 aromatic rings. The maximum Gasteiger partial charge on any atom is 0.251 e. The molecule has 0 unspecified atom stereocenters. The molecule has 0 saturated carbocycles. The molecule has 1 amide bonds. The molecule has 2 aromatic carbocycles. The van der Waals surface area contributed by atoms with E-state index in [9.17, 15) is 4.79 Å². The predicted octanol–water partition coefficient (Wildman–Crippen LogP) is 3.74. The van der Waals surface area contributed by atoms with Crippen LogP contribution in [0.25, 0.3) is 0 Å². The lowest BCUT2D eigenvalue weighted by Gasteiger charge is -2.06. The summed E-state index contributed by atoms with van der Waals surface area (Å²) in [7, 11) is 1.91. The second-order valence-corrected chi connectivity index (χ2v) is 6.06. The number of nitrogens with one attached hydrogen (secondary N) is 2. The van der Waals surface area contributed by atoms with E-state index >= 15 is 0 Å². The van der Waals surface area contributed by atoms with Gasteiger partial charge in [0.1, 0.15) is 0 Å². The SMILES string of the molecule is CNCCCNC(=O)c1ccc(CSc2ccccc2)cc1.Cl. The van der Waals surface area contributed by atoms with Crippen molar-refractivity contribution in [3.8, 4) is 0 Å². The van der Waals surface area contributed by atoms with E-state index < -0.39 is 0 Å². The fourth-order valence-corrected chi connectivity index (χ4v) is 2.88. The lowest BCUT2D eigenvalue weighted by Crippen LogP contribution is -2.26. The summed E-state index contributed by atoms with van der Waals surface area (Å²) in [5.41, 5.74) is 1.94. The highest BCUT2D eigenvalue weighted by Crippen LogP contribution is 2.22. The van der Waals surface area contributed by atoms with Crippen molar-refractivity contribution in [2.45, 2.75) is 17.1 Å². The van der Waals surface area contributed by atoms with E-state index in [1.165, 1.54) is 10.5 Å². The first-order valence-corrected chi connectivity index (χ1v) is 8.48. The van der Waals surface area contributed by atoms with Gasteiger partial charge in [0.25, 0.3) is 5.91 Å². The summed E-state index contributed by atoms with van der Waals surface area (Å²) in [5, 5.41) is 5.99. The summed E-state index contributed by atoms with van der Waals surface area (Å²) in [6.45, 7) is 1.61. The Morgan fingerprint density at radius 2 is 1.70 bits per heavy atom. The number of amides is 1. The maximum absolute atomic E-state index is 12.0. The molecule has 23 heavy (non-hydrogen) atoms. The van der Waals surface area contributed by atoms with Gasteiger partial charge in [-0.25, -0.2) is 0 Å². The normalized spacial score (nSPS) is 9.96. The zero-order valence-electron chi connectivity index (χ0n) is 13.2. The maximum atomic E-state index is 12.0. The van der Waals surface area contributed by atoms with Gasteiger partial charge in [-0.2, -0.15) is 0 Å². The Morgan fingerprint density at radius 3 is 2.35 bits per heavy atom. The Morgan fingerprint density at radius 1 is 1.00 bits per heavy atom. The van der Waals surface area contributed by atoms with Gasteiger partial charge in [-0.05, 0) is 49.8 Å². The number of thioether (sulfide) groups is 1. The van der Waals surface area contributed by atoms with E-state index in [2.05, 4.69) is 22.8 Å². The van der Waals surface area contributed by atoms with Crippen molar-refractivity contribution in [3.05, 3.63) is 65.7 Å². The standard InChI is InChI=1S/C18H22N2OS.ClH/c1-19-12-5-13-20-18(21)16-10-8-15(9-11-16)14-22-17-6-3-2-4-7-17;/h2-4,6-11,19H,5,12-14H2,1H3,(H,20,21);1H. The lowest BCUT2D eigenvalue weighted by molar-refractivity contribution is 0.0953. The lowest BCUT2D eigenvalue weighted by atomic mass is 10.1. The summed E-state index contributed by atoms with van der Waals surface area (Å²) in [5.74, 6) is 0.909. The molecule has 0 aliphatic heterocycles. The Kier molecular flexibility index (Phi) is 9.45. The molecule has 124 valence electrons. The first-order valence-electron chi connectivity index (χ1n) is 7.49. The van der Waals surface area contributed by atoms with E-state index in [0.717, 1.165) is 24.3 Å². The van der Waals surface area contributed by atoms with Crippen LogP contribution >= 0.6 is 24.2 Å². The highest BCUT2D eigenvalue weighted by molar-refractivity contribution is 7.98. The van der Waals surface area contributed by atoms with E-state index in [-0.39, 0.29) is 18.3 Å². The summed E-state index contributed by atoms with van der Waals surface area (Å²) >= 11 is 1.80. The fourth-order valence-electron chi connectivity index (χ4n) is 2.00. The smallest absolute Gasteiger partial charge is 0.251 e. The molecule has 0 heterocycles. The minimum absolute atomic E-state index is 0. The van der Waals surface area contributed by atoms with Crippen LogP contribution in [0.3, 0.4) is 0 Å². The van der Waals surface area contributed by atoms with Crippen molar-refractivity contribution in [2.24, 2.45) is 0 Å². The summed E-state index contributed by atoms with van der Waals surface area (Å²) < 4.78 is 0. The Bertz CT molecular complexity index is 575. The largest absolute Gasteiger partial charge is 0.352 e. The summed E-state index contributed by atoms with van der Waals surface area (Å²) in [6, 6.07) is 18.2. The van der Waals surface area contributed by atoms with Crippen LogP contribution in [0.5, 0.6) is 0 Å². The average Bonchev–Trinajstić information content (AvgIpc) is 2.58. The Hall–Kier alpha value is -1.49. The van der Waals surface area contributed by atoms with Gasteiger partial charge in [0.05, 0.1) is 0 Å². The van der Waals surface area contributed by atoms with Crippen molar-refractivity contribution < 1.29 is 4.79 Å². The number of rotatable bonds is 8. The van der Waals surface area contributed by atoms with E-state index in [1.54, 1.807) is 11.8 Å². The minimum Gasteiger partial charge on any atom is -0.352 e. The topological polar surface area (TPSA) is 41.1 Å². The second-order valence-electron chi connectivity index (χ2n) is 5.01. The van der Waals surface area contributed by atoms with Crippen LogP contribution in [0, 0.1) is 0 Å². The van der Waals surface area contributed by atoms with Gasteiger partial charge in [-0.3, -0.25) is 4.79 Å². The number of hydrogen-bond donors (Lipinski definition) is 2. The van der Waals surface area contributed by atoms with Crippen LogP contribution < -0.4 is 10.6 Å². The second kappa shape index (κ2) is 11.1. The van der Waals surface area contributed by atoms with Crippen LogP contribution in [0.15, 0.2) is 59.5 Å². The van der Waals surface area contributed by atoms with E-state index in [0.29, 0.717) is 6.54 Å². The molecule has 0 spiro atoms. The van der Waals surface area contributed by atoms with Crippen LogP contribution in [0.2, 0.25) is 0 Å². The molecule has 5 heteroatoms. The van der Waals surface area contributed by atoms with Gasteiger partial charge >= 0.3 is 0 Å². The summed E-state index contributed by atoms with van der Waals surface area (Å²) in [6.07, 6.45) is 0.939. The van der Waals surface area contributed by atoms with Crippen LogP contribution in [-0.4, -0.2) is 26.0 Å². The molecule has 0 aliphatic rings. The molecule has 0 aliphatic carbocycles. The zero-order chi connectivity index (χ0) is 15.6. The third-order valence-electron chi connectivity index (χ3n) is 3.25. The molecule has 0 fully saturated rings. The van der Waals surface area contributed by atoms with Crippen LogP contribution in [-0.2, 0) is 5.75 Å². The predicted molar refractivity (Wildman–Crippen MR) is 101 cm³/mol. The molecule has 0 aromatic heterocycles. The monoisotopic (exact) mass is 350 g/mol. The molecule has 0 bridgehead atoms. The molecule has 0 saturated heterocycles. The third-order valence-corrected chi connectivity index (χ3v) is 4.34. The van der Waals surface area contributed by atoms with Crippen LogP contribution in [0.4, 0.5) is 0 Å². The first-order chi connectivity index (χ1) is 10.8. The van der Waals surface area contributed by atoms with E-state index in [1.807, 2.05) is 49.5 Å². The highest BCUT2D eigenvalue weighted by Gasteiger charge is 2.04. The first kappa shape index (κ1) is 19.6. The van der Waals surface area contributed by atoms with Gasteiger partial charge in [-0.15, -0.1) is 24.2 Å². The van der Waals surface area contributed by atoms with E-state index in [4.69, 9.17) is 0 Å². The average molecular weight is 351 g/mol. The van der Waals surface area contributed by atoms with Gasteiger partial charge in [0, 0.05) is 22.8 Å². The number of carbonyl (C=O) groups is 1. The molecular formula is C18H23ClN2OS. The van der Waals surface area contributed by atoms with Gasteiger partial charge in [0.15, 0.2) is 0 Å². The molecule has 2 rings (SSSR count). The van der Waals surface area contributed by atoms with Gasteiger partial charge < -0.3 is 10.6 Å². The molecule has 0 atom stereocenters. The van der Waals surface area contributed by atoms with Crippen molar-refractivity contribution in [1.29, 1.82) is 0 Å². The van der Waals surface area contributed by atoms with Crippen molar-refractivity contribution in [1.82, 2.24) is 10.6 Å². The van der Waals surface area contributed by atoms with Gasteiger partial charge in [-0.1, -0.05) is 30.3 Å². The number of benzene rings is 2. The van der Waals surface area contributed by atoms with Gasteiger partial charge in [0.2, 0.25) is 0 Å². The number of carbonyl (C=O) groups excluding carboxylic acids is 1. The molecular weight excluding hydrogens is 328 g/mol. The summed E-state index contributed by atoms with van der Waals surface area (Å²) in [4.78, 5) is 13.2. The van der Waals surface area contributed by atoms with Crippen molar-refractivity contribution >= 4 is 30.1 Å². The van der Waals surface area contributed by atoms with Crippen LogP contribution in [0.1, 0.15) is 22.3 Å². The fraction of sp³-hybridized carbons (Fsp3) is 0.278. The zero-order valence-corrected chi connectivity index (χ0v) is 14.9. The third kappa shape index (κ3) is 7.08.